The molecule has 86 valence electrons. The average Bonchev–Trinajstić information content (AvgIpc) is 2.60. The molecule has 1 aromatic heterocycles. The van der Waals surface area contributed by atoms with E-state index >= 15 is 0 Å². The Morgan fingerprint density at radius 1 is 1.67 bits per heavy atom. The van der Waals surface area contributed by atoms with Gasteiger partial charge in [0.05, 0.1) is 9.35 Å². The Kier molecular flexibility index (Phi) is 7.17. The van der Waals surface area contributed by atoms with E-state index in [2.05, 4.69) is 26.6 Å². The Hall–Kier alpha value is -0.100. The summed E-state index contributed by atoms with van der Waals surface area (Å²) in [6.07, 6.45) is 0. The van der Waals surface area contributed by atoms with E-state index in [1.807, 2.05) is 25.4 Å². The maximum Gasteiger partial charge on any atom is 0.252 e. The second kappa shape index (κ2) is 7.22. The van der Waals surface area contributed by atoms with Gasteiger partial charge in [0.15, 0.2) is 0 Å². The lowest BCUT2D eigenvalue weighted by molar-refractivity contribution is 0.0951. The van der Waals surface area contributed by atoms with E-state index in [0.29, 0.717) is 18.2 Å². The quantitative estimate of drug-likeness (QED) is 0.895. The van der Waals surface area contributed by atoms with Crippen LogP contribution >= 0.6 is 39.7 Å². The fourth-order valence-electron chi connectivity index (χ4n) is 0.879. The van der Waals surface area contributed by atoms with E-state index in [9.17, 15) is 4.79 Å². The number of hydrogen-bond donors (Lipinski definition) is 2. The SMILES string of the molecule is CNC(C)CNC(=O)c1csc(Br)c1.Cl. The lowest BCUT2D eigenvalue weighted by Gasteiger charge is -2.10. The molecule has 15 heavy (non-hydrogen) atoms. The van der Waals surface area contributed by atoms with Gasteiger partial charge in [0.1, 0.15) is 0 Å². The largest absolute Gasteiger partial charge is 0.350 e. The lowest BCUT2D eigenvalue weighted by atomic mass is 10.3. The van der Waals surface area contributed by atoms with Gasteiger partial charge in [-0.05, 0) is 36.0 Å². The van der Waals surface area contributed by atoms with Crippen LogP contribution in [-0.2, 0) is 0 Å². The molecule has 1 heterocycles. The fraction of sp³-hybridized carbons (Fsp3) is 0.444. The molecule has 0 aliphatic rings. The normalized spacial score (nSPS) is 11.7. The molecule has 0 fully saturated rings. The van der Waals surface area contributed by atoms with Crippen LogP contribution in [0.4, 0.5) is 0 Å². The van der Waals surface area contributed by atoms with Crippen LogP contribution in [0.5, 0.6) is 0 Å². The number of carbonyl (C=O) groups is 1. The number of likely N-dealkylation sites (N-methyl/N-ethyl adjacent to an activating group) is 1. The molecule has 6 heteroatoms. The smallest absolute Gasteiger partial charge is 0.252 e. The molecule has 1 rings (SSSR count). The third-order valence-electron chi connectivity index (χ3n) is 1.89. The first-order valence-corrected chi connectivity index (χ1v) is 6.00. The molecule has 2 N–H and O–H groups in total. The van der Waals surface area contributed by atoms with Crippen LogP contribution in [0.1, 0.15) is 17.3 Å². The molecule has 0 aliphatic carbocycles. The number of amides is 1. The number of thiophene rings is 1. The van der Waals surface area contributed by atoms with Gasteiger partial charge in [-0.2, -0.15) is 0 Å². The molecule has 0 radical (unpaired) electrons. The minimum absolute atomic E-state index is 0. The summed E-state index contributed by atoms with van der Waals surface area (Å²) in [6, 6.07) is 2.12. The van der Waals surface area contributed by atoms with Gasteiger partial charge in [-0.15, -0.1) is 23.7 Å². The third kappa shape index (κ3) is 4.97. The second-order valence-electron chi connectivity index (χ2n) is 3.04. The Labute approximate surface area is 108 Å². The first kappa shape index (κ1) is 14.9. The van der Waals surface area contributed by atoms with Gasteiger partial charge < -0.3 is 10.6 Å². The summed E-state index contributed by atoms with van der Waals surface area (Å²) in [7, 11) is 1.87. The van der Waals surface area contributed by atoms with E-state index in [4.69, 9.17) is 0 Å². The first-order valence-electron chi connectivity index (χ1n) is 4.33. The van der Waals surface area contributed by atoms with E-state index in [0.717, 1.165) is 3.79 Å². The molecule has 1 atom stereocenters. The van der Waals surface area contributed by atoms with Crippen LogP contribution in [0.15, 0.2) is 15.2 Å². The molecule has 0 aliphatic heterocycles. The molecule has 0 saturated carbocycles. The van der Waals surface area contributed by atoms with Gasteiger partial charge in [0.25, 0.3) is 5.91 Å². The summed E-state index contributed by atoms with van der Waals surface area (Å²) in [5.74, 6) is -0.0194. The van der Waals surface area contributed by atoms with E-state index in [1.165, 1.54) is 11.3 Å². The minimum atomic E-state index is -0.0194. The molecule has 0 spiro atoms. The Morgan fingerprint density at radius 3 is 2.80 bits per heavy atom. The molecule has 0 saturated heterocycles. The summed E-state index contributed by atoms with van der Waals surface area (Å²) in [4.78, 5) is 11.5. The van der Waals surface area contributed by atoms with Crippen molar-refractivity contribution < 1.29 is 4.79 Å². The molecule has 1 aromatic rings. The van der Waals surface area contributed by atoms with Crippen molar-refractivity contribution in [2.75, 3.05) is 13.6 Å². The molecule has 3 nitrogen and oxygen atoms in total. The van der Waals surface area contributed by atoms with Gasteiger partial charge in [-0.25, -0.2) is 0 Å². The van der Waals surface area contributed by atoms with Crippen LogP contribution in [0.2, 0.25) is 0 Å². The third-order valence-corrected chi connectivity index (χ3v) is 3.40. The zero-order valence-electron chi connectivity index (χ0n) is 8.54. The highest BCUT2D eigenvalue weighted by atomic mass is 79.9. The van der Waals surface area contributed by atoms with Gasteiger partial charge in [-0.1, -0.05) is 0 Å². The van der Waals surface area contributed by atoms with E-state index in [-0.39, 0.29) is 18.3 Å². The van der Waals surface area contributed by atoms with Crippen LogP contribution in [0, 0.1) is 0 Å². The van der Waals surface area contributed by atoms with Crippen molar-refractivity contribution in [3.05, 3.63) is 20.8 Å². The Morgan fingerprint density at radius 2 is 2.33 bits per heavy atom. The second-order valence-corrected chi connectivity index (χ2v) is 5.33. The predicted molar refractivity (Wildman–Crippen MR) is 70.1 cm³/mol. The monoisotopic (exact) mass is 312 g/mol. The Balaban J connectivity index is 0.00000196. The number of hydrogen-bond acceptors (Lipinski definition) is 3. The molecular formula is C9H14BrClN2OS. The predicted octanol–water partition coefficient (Wildman–Crippen LogP) is 2.27. The lowest BCUT2D eigenvalue weighted by Crippen LogP contribution is -2.36. The minimum Gasteiger partial charge on any atom is -0.350 e. The molecule has 0 aromatic carbocycles. The summed E-state index contributed by atoms with van der Waals surface area (Å²) in [6.45, 7) is 2.66. The van der Waals surface area contributed by atoms with Crippen LogP contribution < -0.4 is 10.6 Å². The highest BCUT2D eigenvalue weighted by Crippen LogP contribution is 2.20. The zero-order valence-corrected chi connectivity index (χ0v) is 11.8. The maximum absolute atomic E-state index is 11.5. The number of nitrogens with one attached hydrogen (secondary N) is 2. The number of rotatable bonds is 4. The zero-order chi connectivity index (χ0) is 10.6. The molecule has 0 bridgehead atoms. The standard InChI is InChI=1S/C9H13BrN2OS.ClH/c1-6(11-2)4-12-9(13)7-3-8(10)14-5-7;/h3,5-6,11H,4H2,1-2H3,(H,12,13);1H. The van der Waals surface area contributed by atoms with Gasteiger partial charge in [0, 0.05) is 18.0 Å². The van der Waals surface area contributed by atoms with Crippen molar-refractivity contribution in [1.82, 2.24) is 10.6 Å². The fourth-order valence-corrected chi connectivity index (χ4v) is 2.02. The van der Waals surface area contributed by atoms with Crippen molar-refractivity contribution in [1.29, 1.82) is 0 Å². The van der Waals surface area contributed by atoms with Gasteiger partial charge >= 0.3 is 0 Å². The molecular weight excluding hydrogens is 300 g/mol. The van der Waals surface area contributed by atoms with Crippen LogP contribution in [-0.4, -0.2) is 25.5 Å². The summed E-state index contributed by atoms with van der Waals surface area (Å²) >= 11 is 4.83. The highest BCUT2D eigenvalue weighted by Gasteiger charge is 2.08. The number of halogens is 2. The van der Waals surface area contributed by atoms with Gasteiger partial charge in [0.2, 0.25) is 0 Å². The summed E-state index contributed by atoms with van der Waals surface area (Å²) in [5, 5.41) is 7.74. The van der Waals surface area contributed by atoms with Crippen molar-refractivity contribution in [2.45, 2.75) is 13.0 Å². The van der Waals surface area contributed by atoms with Crippen molar-refractivity contribution in [2.24, 2.45) is 0 Å². The maximum atomic E-state index is 11.5. The van der Waals surface area contributed by atoms with E-state index < -0.39 is 0 Å². The van der Waals surface area contributed by atoms with Crippen molar-refractivity contribution in [3.63, 3.8) is 0 Å². The first-order chi connectivity index (χ1) is 6.63. The highest BCUT2D eigenvalue weighted by molar-refractivity contribution is 9.11. The van der Waals surface area contributed by atoms with Crippen molar-refractivity contribution >= 4 is 45.6 Å². The molecule has 1 amide bonds. The van der Waals surface area contributed by atoms with Crippen LogP contribution in [0.3, 0.4) is 0 Å². The van der Waals surface area contributed by atoms with E-state index in [1.54, 1.807) is 0 Å². The average molecular weight is 314 g/mol. The van der Waals surface area contributed by atoms with Crippen molar-refractivity contribution in [3.8, 4) is 0 Å². The molecule has 1 unspecified atom stereocenters. The van der Waals surface area contributed by atoms with Crippen LogP contribution in [0.25, 0.3) is 0 Å². The topological polar surface area (TPSA) is 41.1 Å². The summed E-state index contributed by atoms with van der Waals surface area (Å²) < 4.78 is 0.976. The van der Waals surface area contributed by atoms with Gasteiger partial charge in [-0.3, -0.25) is 4.79 Å². The number of carbonyl (C=O) groups excluding carboxylic acids is 1. The summed E-state index contributed by atoms with van der Waals surface area (Å²) in [5.41, 5.74) is 0.713. The Bertz CT molecular complexity index is 319.